The first-order chi connectivity index (χ1) is 9.27. The molecule has 0 aliphatic carbocycles. The topological polar surface area (TPSA) is 45.7 Å². The molecule has 0 saturated carbocycles. The molecule has 4 fully saturated rings. The fourth-order valence-electron chi connectivity index (χ4n) is 3.70. The summed E-state index contributed by atoms with van der Waals surface area (Å²) in [6.07, 6.45) is 6.19. The van der Waals surface area contributed by atoms with Gasteiger partial charge in [0, 0.05) is 18.9 Å². The van der Waals surface area contributed by atoms with Crippen molar-refractivity contribution in [3.05, 3.63) is 24.5 Å². The third kappa shape index (κ3) is 1.69. The molecule has 1 atom stereocenters. The molecule has 1 unspecified atom stereocenters. The summed E-state index contributed by atoms with van der Waals surface area (Å²) in [5.41, 5.74) is 0.505. The van der Waals surface area contributed by atoms with Gasteiger partial charge in [-0.15, -0.1) is 0 Å². The molecule has 5 rings (SSSR count). The van der Waals surface area contributed by atoms with E-state index in [0.29, 0.717) is 12.3 Å². The Morgan fingerprint density at radius 3 is 2.63 bits per heavy atom. The molecule has 19 heavy (non-hydrogen) atoms. The van der Waals surface area contributed by atoms with Crippen LogP contribution in [0.4, 0.5) is 5.69 Å². The van der Waals surface area contributed by atoms with E-state index in [1.54, 1.807) is 12.4 Å². The molecule has 2 bridgehead atoms. The highest BCUT2D eigenvalue weighted by Crippen LogP contribution is 2.45. The second-order valence-corrected chi connectivity index (χ2v) is 5.78. The zero-order chi connectivity index (χ0) is 12.9. The fraction of sp³-hybridized carbons (Fsp3) is 0.571. The maximum atomic E-state index is 12.3. The number of pyridine rings is 1. The van der Waals surface area contributed by atoms with E-state index in [1.165, 1.54) is 5.06 Å². The Kier molecular flexibility index (Phi) is 2.40. The van der Waals surface area contributed by atoms with Gasteiger partial charge in [-0.25, -0.2) is 0 Å². The van der Waals surface area contributed by atoms with Gasteiger partial charge >= 0.3 is 0 Å². The second-order valence-electron chi connectivity index (χ2n) is 5.78. The molecule has 0 radical (unpaired) electrons. The van der Waals surface area contributed by atoms with Crippen LogP contribution in [0.25, 0.3) is 0 Å². The highest BCUT2D eigenvalue weighted by atomic mass is 16.7. The minimum atomic E-state index is -0.281. The SMILES string of the molecule is O=C1CC2(CN3CCC2CC3)ON1c1ccncc1. The smallest absolute Gasteiger partial charge is 0.253 e. The first-order valence-electron chi connectivity index (χ1n) is 6.91. The number of nitrogens with zero attached hydrogens (tertiary/aromatic N) is 3. The summed E-state index contributed by atoms with van der Waals surface area (Å²) in [4.78, 5) is 24.8. The lowest BCUT2D eigenvalue weighted by Crippen LogP contribution is -2.59. The fourth-order valence-corrected chi connectivity index (χ4v) is 3.70. The number of aromatic nitrogens is 1. The predicted octanol–water partition coefficient (Wildman–Crippen LogP) is 1.21. The normalized spacial score (nSPS) is 37.3. The molecule has 4 aliphatic heterocycles. The van der Waals surface area contributed by atoms with Crippen molar-refractivity contribution >= 4 is 11.6 Å². The molecule has 5 heteroatoms. The van der Waals surface area contributed by atoms with E-state index in [1.807, 2.05) is 12.1 Å². The molecule has 100 valence electrons. The molecular formula is C14H17N3O2. The summed E-state index contributed by atoms with van der Waals surface area (Å²) < 4.78 is 0. The number of hydrogen-bond acceptors (Lipinski definition) is 4. The molecule has 1 aromatic heterocycles. The number of amides is 1. The maximum absolute atomic E-state index is 12.3. The van der Waals surface area contributed by atoms with E-state index in [-0.39, 0.29) is 11.5 Å². The Balaban J connectivity index is 1.63. The zero-order valence-corrected chi connectivity index (χ0v) is 10.8. The lowest BCUT2D eigenvalue weighted by Gasteiger charge is -2.49. The Hall–Kier alpha value is -1.46. The number of piperidine rings is 3. The summed E-state index contributed by atoms with van der Waals surface area (Å²) in [5, 5.41) is 1.48. The van der Waals surface area contributed by atoms with E-state index in [4.69, 9.17) is 4.84 Å². The number of carbonyl (C=O) groups excluding carboxylic acids is 1. The van der Waals surface area contributed by atoms with E-state index >= 15 is 0 Å². The standard InChI is InChI=1S/C14H17N3O2/c18-13-9-14(10-16-7-3-11(14)4-8-16)19-17(13)12-1-5-15-6-2-12/h1-2,5-6,11H,3-4,7-10H2. The van der Waals surface area contributed by atoms with Gasteiger partial charge in [0.2, 0.25) is 0 Å². The van der Waals surface area contributed by atoms with Crippen LogP contribution in [0.3, 0.4) is 0 Å². The van der Waals surface area contributed by atoms with Crippen molar-refractivity contribution < 1.29 is 9.63 Å². The third-order valence-electron chi connectivity index (χ3n) is 4.67. The second kappa shape index (κ2) is 4.02. The number of carbonyl (C=O) groups is 1. The minimum Gasteiger partial charge on any atom is -0.300 e. The van der Waals surface area contributed by atoms with Gasteiger partial charge in [-0.05, 0) is 44.0 Å². The number of anilines is 1. The van der Waals surface area contributed by atoms with Crippen LogP contribution in [0.2, 0.25) is 0 Å². The van der Waals surface area contributed by atoms with E-state index in [9.17, 15) is 4.79 Å². The quantitative estimate of drug-likeness (QED) is 0.760. The lowest BCUT2D eigenvalue weighted by atomic mass is 9.74. The van der Waals surface area contributed by atoms with Gasteiger partial charge < -0.3 is 4.90 Å². The number of fused-ring (bicyclic) bond motifs is 2. The first-order valence-corrected chi connectivity index (χ1v) is 6.91. The third-order valence-corrected chi connectivity index (χ3v) is 4.67. The van der Waals surface area contributed by atoms with Crippen molar-refractivity contribution in [1.82, 2.24) is 9.88 Å². The van der Waals surface area contributed by atoms with Gasteiger partial charge in [-0.2, -0.15) is 5.06 Å². The first kappa shape index (κ1) is 11.4. The molecule has 4 saturated heterocycles. The van der Waals surface area contributed by atoms with Crippen LogP contribution >= 0.6 is 0 Å². The maximum Gasteiger partial charge on any atom is 0.253 e. The Morgan fingerprint density at radius 2 is 2.00 bits per heavy atom. The zero-order valence-electron chi connectivity index (χ0n) is 10.8. The molecule has 5 heterocycles. The van der Waals surface area contributed by atoms with Crippen LogP contribution in [0.15, 0.2) is 24.5 Å². The van der Waals surface area contributed by atoms with Gasteiger partial charge in [-0.1, -0.05) is 0 Å². The number of rotatable bonds is 1. The summed E-state index contributed by atoms with van der Waals surface area (Å²) in [6, 6.07) is 3.64. The Bertz CT molecular complexity index is 499. The Morgan fingerprint density at radius 1 is 1.26 bits per heavy atom. The lowest BCUT2D eigenvalue weighted by molar-refractivity contribution is -0.132. The van der Waals surface area contributed by atoms with Gasteiger partial charge in [0.25, 0.3) is 5.91 Å². The molecule has 1 amide bonds. The predicted molar refractivity (Wildman–Crippen MR) is 69.3 cm³/mol. The average molecular weight is 259 g/mol. The van der Waals surface area contributed by atoms with E-state index < -0.39 is 0 Å². The van der Waals surface area contributed by atoms with Crippen molar-refractivity contribution in [2.45, 2.75) is 24.9 Å². The summed E-state index contributed by atoms with van der Waals surface area (Å²) in [6.45, 7) is 3.20. The van der Waals surface area contributed by atoms with E-state index in [0.717, 1.165) is 38.2 Å². The van der Waals surface area contributed by atoms with Gasteiger partial charge in [0.1, 0.15) is 5.60 Å². The largest absolute Gasteiger partial charge is 0.300 e. The molecule has 1 spiro atoms. The molecule has 0 aromatic carbocycles. The monoisotopic (exact) mass is 259 g/mol. The highest BCUT2D eigenvalue weighted by Gasteiger charge is 2.55. The molecule has 1 aromatic rings. The van der Waals surface area contributed by atoms with Crippen molar-refractivity contribution in [3.8, 4) is 0 Å². The van der Waals surface area contributed by atoms with Gasteiger partial charge in [0.15, 0.2) is 0 Å². The van der Waals surface area contributed by atoms with Crippen molar-refractivity contribution in [3.63, 3.8) is 0 Å². The van der Waals surface area contributed by atoms with Gasteiger partial charge in [-0.3, -0.25) is 14.6 Å². The van der Waals surface area contributed by atoms with Crippen LogP contribution in [0.5, 0.6) is 0 Å². The minimum absolute atomic E-state index is 0.0694. The summed E-state index contributed by atoms with van der Waals surface area (Å²) in [7, 11) is 0. The summed E-state index contributed by atoms with van der Waals surface area (Å²) >= 11 is 0. The number of hydrogen-bond donors (Lipinski definition) is 0. The van der Waals surface area contributed by atoms with Crippen LogP contribution in [0, 0.1) is 5.92 Å². The molecule has 5 nitrogen and oxygen atoms in total. The van der Waals surface area contributed by atoms with Crippen molar-refractivity contribution in [1.29, 1.82) is 0 Å². The number of hydroxylamine groups is 1. The van der Waals surface area contributed by atoms with E-state index in [2.05, 4.69) is 9.88 Å². The highest BCUT2D eigenvalue weighted by molar-refractivity contribution is 5.93. The Labute approximate surface area is 112 Å². The van der Waals surface area contributed by atoms with Gasteiger partial charge in [0.05, 0.1) is 12.1 Å². The molecule has 0 N–H and O–H groups in total. The van der Waals surface area contributed by atoms with Crippen molar-refractivity contribution in [2.75, 3.05) is 24.7 Å². The summed E-state index contributed by atoms with van der Waals surface area (Å²) in [5.74, 6) is 0.591. The van der Waals surface area contributed by atoms with Crippen LogP contribution in [-0.2, 0) is 9.63 Å². The van der Waals surface area contributed by atoms with Crippen LogP contribution in [-0.4, -0.2) is 41.0 Å². The van der Waals surface area contributed by atoms with Crippen LogP contribution < -0.4 is 5.06 Å². The average Bonchev–Trinajstić information content (AvgIpc) is 2.77. The van der Waals surface area contributed by atoms with Crippen LogP contribution in [0.1, 0.15) is 19.3 Å². The van der Waals surface area contributed by atoms with Crippen molar-refractivity contribution in [2.24, 2.45) is 5.92 Å². The molecule has 4 aliphatic rings. The molecular weight excluding hydrogens is 242 g/mol.